The lowest BCUT2D eigenvalue weighted by molar-refractivity contribution is 0.0851. The van der Waals surface area contributed by atoms with Gasteiger partial charge >= 0.3 is 0 Å². The van der Waals surface area contributed by atoms with Gasteiger partial charge in [0.2, 0.25) is 0 Å². The molecule has 0 aliphatic carbocycles. The lowest BCUT2D eigenvalue weighted by atomic mass is 10.2. The molecule has 1 amide bonds. The zero-order chi connectivity index (χ0) is 16.9. The molecule has 1 atom stereocenters. The number of hydrogen-bond donors (Lipinski definition) is 2. The SMILES string of the molecule is CCc1ccc(-n2nc(CO)c(C(=O)NC[C@H]3CCCO3)n2)cc1. The van der Waals surface area contributed by atoms with Crippen molar-refractivity contribution in [3.05, 3.63) is 41.2 Å². The van der Waals surface area contributed by atoms with E-state index >= 15 is 0 Å². The third kappa shape index (κ3) is 3.63. The van der Waals surface area contributed by atoms with Crippen LogP contribution in [0.2, 0.25) is 0 Å². The number of aromatic nitrogens is 3. The predicted molar refractivity (Wildman–Crippen MR) is 88.0 cm³/mol. The van der Waals surface area contributed by atoms with Gasteiger partial charge in [-0.3, -0.25) is 4.79 Å². The summed E-state index contributed by atoms with van der Waals surface area (Å²) in [5.41, 5.74) is 2.37. The first kappa shape index (κ1) is 16.6. The van der Waals surface area contributed by atoms with Crippen molar-refractivity contribution < 1.29 is 14.6 Å². The molecule has 1 fully saturated rings. The van der Waals surface area contributed by atoms with Gasteiger partial charge in [-0.15, -0.1) is 10.2 Å². The molecule has 2 heterocycles. The van der Waals surface area contributed by atoms with E-state index < -0.39 is 0 Å². The highest BCUT2D eigenvalue weighted by Gasteiger charge is 2.21. The summed E-state index contributed by atoms with van der Waals surface area (Å²) in [6.45, 7) is 2.94. The number of rotatable bonds is 6. The van der Waals surface area contributed by atoms with E-state index in [-0.39, 0.29) is 30.0 Å². The van der Waals surface area contributed by atoms with Gasteiger partial charge in [0.25, 0.3) is 5.91 Å². The van der Waals surface area contributed by atoms with Gasteiger partial charge in [-0.05, 0) is 37.0 Å². The number of amides is 1. The van der Waals surface area contributed by atoms with Gasteiger partial charge in [-0.1, -0.05) is 19.1 Å². The smallest absolute Gasteiger partial charge is 0.273 e. The first-order valence-corrected chi connectivity index (χ1v) is 8.27. The summed E-state index contributed by atoms with van der Waals surface area (Å²) in [5.74, 6) is -0.342. The van der Waals surface area contributed by atoms with E-state index in [1.807, 2.05) is 24.3 Å². The average molecular weight is 330 g/mol. The van der Waals surface area contributed by atoms with Gasteiger partial charge < -0.3 is 15.2 Å². The Morgan fingerprint density at radius 1 is 1.38 bits per heavy atom. The fraction of sp³-hybridized carbons (Fsp3) is 0.471. The maximum Gasteiger partial charge on any atom is 0.273 e. The molecular formula is C17H22N4O3. The summed E-state index contributed by atoms with van der Waals surface area (Å²) in [6, 6.07) is 7.78. The molecule has 3 rings (SSSR count). The summed E-state index contributed by atoms with van der Waals surface area (Å²) in [7, 11) is 0. The van der Waals surface area contributed by atoms with E-state index in [1.165, 1.54) is 10.4 Å². The number of carbonyl (C=O) groups is 1. The molecule has 0 bridgehead atoms. The number of ether oxygens (including phenoxy) is 1. The molecule has 1 aromatic carbocycles. The second-order valence-corrected chi connectivity index (χ2v) is 5.81. The highest BCUT2D eigenvalue weighted by Crippen LogP contribution is 2.13. The van der Waals surface area contributed by atoms with Crippen LogP contribution < -0.4 is 5.32 Å². The van der Waals surface area contributed by atoms with E-state index in [4.69, 9.17) is 4.74 Å². The first-order valence-electron chi connectivity index (χ1n) is 8.27. The predicted octanol–water partition coefficient (Wildman–Crippen LogP) is 1.23. The highest BCUT2D eigenvalue weighted by molar-refractivity contribution is 5.93. The summed E-state index contributed by atoms with van der Waals surface area (Å²) in [4.78, 5) is 13.7. The zero-order valence-corrected chi connectivity index (χ0v) is 13.7. The Labute approximate surface area is 140 Å². The van der Waals surface area contributed by atoms with E-state index in [1.54, 1.807) is 0 Å². The lowest BCUT2D eigenvalue weighted by Gasteiger charge is -2.09. The number of carbonyl (C=O) groups excluding carboxylic acids is 1. The molecule has 1 aromatic heterocycles. The maximum absolute atomic E-state index is 12.3. The molecule has 1 saturated heterocycles. The van der Waals surface area contributed by atoms with Crippen LogP contribution in [0.25, 0.3) is 5.69 Å². The summed E-state index contributed by atoms with van der Waals surface area (Å²) >= 11 is 0. The van der Waals surface area contributed by atoms with Crippen LogP contribution in [-0.4, -0.2) is 45.3 Å². The summed E-state index contributed by atoms with van der Waals surface area (Å²) in [5, 5.41) is 20.7. The van der Waals surface area contributed by atoms with Gasteiger partial charge in [0.1, 0.15) is 5.69 Å². The fourth-order valence-electron chi connectivity index (χ4n) is 2.70. The van der Waals surface area contributed by atoms with Crippen molar-refractivity contribution in [1.29, 1.82) is 0 Å². The van der Waals surface area contributed by atoms with Gasteiger partial charge in [-0.2, -0.15) is 4.80 Å². The second-order valence-electron chi connectivity index (χ2n) is 5.81. The molecule has 128 valence electrons. The van der Waals surface area contributed by atoms with Crippen molar-refractivity contribution in [3.63, 3.8) is 0 Å². The van der Waals surface area contributed by atoms with Crippen LogP contribution in [-0.2, 0) is 17.8 Å². The van der Waals surface area contributed by atoms with E-state index in [0.717, 1.165) is 31.6 Å². The number of nitrogens with one attached hydrogen (secondary N) is 1. The number of nitrogens with zero attached hydrogens (tertiary/aromatic N) is 3. The quantitative estimate of drug-likeness (QED) is 0.831. The maximum atomic E-state index is 12.3. The zero-order valence-electron chi connectivity index (χ0n) is 13.7. The minimum atomic E-state index is -0.342. The van der Waals surface area contributed by atoms with Crippen molar-refractivity contribution in [2.24, 2.45) is 0 Å². The molecule has 2 aromatic rings. The van der Waals surface area contributed by atoms with Crippen molar-refractivity contribution in [2.45, 2.75) is 38.9 Å². The topological polar surface area (TPSA) is 89.3 Å². The standard InChI is InChI=1S/C17H22N4O3/c1-2-12-5-7-13(8-6-12)21-19-15(11-22)16(20-21)17(23)18-10-14-4-3-9-24-14/h5-8,14,22H,2-4,9-11H2,1H3,(H,18,23)/t14-/m1/s1. The van der Waals surface area contributed by atoms with Crippen LogP contribution >= 0.6 is 0 Å². The number of aliphatic hydroxyl groups excluding tert-OH is 1. The van der Waals surface area contributed by atoms with E-state index in [2.05, 4.69) is 22.4 Å². The number of hydrogen-bond acceptors (Lipinski definition) is 5. The molecule has 7 heteroatoms. The Balaban J connectivity index is 1.74. The Morgan fingerprint density at radius 3 is 2.79 bits per heavy atom. The molecule has 0 saturated carbocycles. The minimum Gasteiger partial charge on any atom is -0.390 e. The van der Waals surface area contributed by atoms with Crippen molar-refractivity contribution in [3.8, 4) is 5.69 Å². The first-order chi connectivity index (χ1) is 11.7. The van der Waals surface area contributed by atoms with Crippen molar-refractivity contribution in [2.75, 3.05) is 13.2 Å². The van der Waals surface area contributed by atoms with E-state index in [0.29, 0.717) is 6.54 Å². The minimum absolute atomic E-state index is 0.0585. The normalized spacial score (nSPS) is 17.2. The van der Waals surface area contributed by atoms with Crippen molar-refractivity contribution >= 4 is 5.91 Å². The van der Waals surface area contributed by atoms with E-state index in [9.17, 15) is 9.90 Å². The molecule has 0 unspecified atom stereocenters. The van der Waals surface area contributed by atoms with Crippen LogP contribution in [0.15, 0.2) is 24.3 Å². The van der Waals surface area contributed by atoms with Gasteiger partial charge in [0, 0.05) is 13.2 Å². The largest absolute Gasteiger partial charge is 0.390 e. The Hall–Kier alpha value is -2.25. The van der Waals surface area contributed by atoms with Crippen LogP contribution in [0, 0.1) is 0 Å². The van der Waals surface area contributed by atoms with Gasteiger partial charge in [-0.25, -0.2) is 0 Å². The summed E-state index contributed by atoms with van der Waals surface area (Å²) < 4.78 is 5.49. The molecule has 2 N–H and O–H groups in total. The van der Waals surface area contributed by atoms with Crippen LogP contribution in [0.1, 0.15) is 41.5 Å². The summed E-state index contributed by atoms with van der Waals surface area (Å²) in [6.07, 6.45) is 2.98. The van der Waals surface area contributed by atoms with Gasteiger partial charge in [0.05, 0.1) is 18.4 Å². The molecule has 24 heavy (non-hydrogen) atoms. The molecule has 1 aliphatic rings. The molecule has 7 nitrogen and oxygen atoms in total. The number of benzene rings is 1. The molecular weight excluding hydrogens is 308 g/mol. The third-order valence-electron chi connectivity index (χ3n) is 4.14. The fourth-order valence-corrected chi connectivity index (χ4v) is 2.70. The monoisotopic (exact) mass is 330 g/mol. The Morgan fingerprint density at radius 2 is 2.17 bits per heavy atom. The second kappa shape index (κ2) is 7.55. The van der Waals surface area contributed by atoms with Crippen LogP contribution in [0.4, 0.5) is 0 Å². The molecule has 1 aliphatic heterocycles. The third-order valence-corrected chi connectivity index (χ3v) is 4.14. The van der Waals surface area contributed by atoms with Crippen LogP contribution in [0.3, 0.4) is 0 Å². The average Bonchev–Trinajstić information content (AvgIpc) is 3.29. The highest BCUT2D eigenvalue weighted by atomic mass is 16.5. The number of aliphatic hydroxyl groups is 1. The number of aryl methyl sites for hydroxylation is 1. The lowest BCUT2D eigenvalue weighted by Crippen LogP contribution is -2.32. The molecule has 0 radical (unpaired) electrons. The molecule has 0 spiro atoms. The van der Waals surface area contributed by atoms with Crippen LogP contribution in [0.5, 0.6) is 0 Å². The van der Waals surface area contributed by atoms with Gasteiger partial charge in [0.15, 0.2) is 5.69 Å². The Bertz CT molecular complexity index is 690. The Kier molecular flexibility index (Phi) is 5.22. The van der Waals surface area contributed by atoms with Crippen molar-refractivity contribution in [1.82, 2.24) is 20.3 Å².